The molecule has 66 heavy (non-hydrogen) atoms. The van der Waals surface area contributed by atoms with E-state index in [0.29, 0.717) is 54.5 Å². The number of rotatable bonds is 13. The predicted octanol–water partition coefficient (Wildman–Crippen LogP) is 5.85. The van der Waals surface area contributed by atoms with Crippen molar-refractivity contribution in [1.82, 2.24) is 20.1 Å². The number of hydrogen-bond donors (Lipinski definition) is 2. The van der Waals surface area contributed by atoms with Gasteiger partial charge in [-0.25, -0.2) is 14.2 Å². The van der Waals surface area contributed by atoms with Crippen LogP contribution in [0.2, 0.25) is 0 Å². The molecule has 14 nitrogen and oxygen atoms in total. The van der Waals surface area contributed by atoms with Gasteiger partial charge in [-0.05, 0) is 87.1 Å². The van der Waals surface area contributed by atoms with E-state index in [4.69, 9.17) is 24.7 Å². The van der Waals surface area contributed by atoms with Gasteiger partial charge in [0.15, 0.2) is 12.0 Å². The molecule has 0 bridgehead atoms. The third kappa shape index (κ3) is 10.8. The van der Waals surface area contributed by atoms with Gasteiger partial charge >= 0.3 is 6.09 Å². The van der Waals surface area contributed by atoms with Crippen LogP contribution in [-0.4, -0.2) is 115 Å². The van der Waals surface area contributed by atoms with Gasteiger partial charge in [-0.15, -0.1) is 0 Å². The number of pyridine rings is 1. The van der Waals surface area contributed by atoms with E-state index in [9.17, 15) is 28.4 Å². The fraction of sp³-hybridized carbons (Fsp3) is 0.529. The summed E-state index contributed by atoms with van der Waals surface area (Å²) in [5.41, 5.74) is 8.27. The number of piperidine rings is 1. The van der Waals surface area contributed by atoms with Gasteiger partial charge in [0.05, 0.1) is 56.0 Å². The van der Waals surface area contributed by atoms with Gasteiger partial charge in [0, 0.05) is 66.8 Å². The Balaban J connectivity index is 0.761. The highest BCUT2D eigenvalue weighted by Gasteiger charge is 2.43. The molecule has 0 spiro atoms. The van der Waals surface area contributed by atoms with E-state index < -0.39 is 48.2 Å². The summed E-state index contributed by atoms with van der Waals surface area (Å²) < 4.78 is 37.8. The fourth-order valence-corrected chi connectivity index (χ4v) is 10.0. The summed E-state index contributed by atoms with van der Waals surface area (Å²) in [6, 6.07) is 9.85. The lowest BCUT2D eigenvalue weighted by Crippen LogP contribution is -2.45. The zero-order chi connectivity index (χ0) is 46.3. The highest BCUT2D eigenvalue weighted by atomic mass is 19.1. The van der Waals surface area contributed by atoms with Crippen LogP contribution in [0.25, 0.3) is 10.8 Å². The number of ketones is 2. The second-order valence-corrected chi connectivity index (χ2v) is 18.1. The number of nitrogens with zero attached hydrogens (tertiary/aromatic N) is 3. The molecular weight excluding hydrogens is 846 g/mol. The fourth-order valence-electron chi connectivity index (χ4n) is 10.0. The third-order valence-corrected chi connectivity index (χ3v) is 13.8. The monoisotopic (exact) mass is 903 g/mol. The van der Waals surface area contributed by atoms with Gasteiger partial charge in [0.1, 0.15) is 24.2 Å². The number of hydrogen-bond acceptors (Lipinski definition) is 11. The first kappa shape index (κ1) is 46.5. The zero-order valence-corrected chi connectivity index (χ0v) is 37.7. The molecule has 2 aliphatic carbocycles. The first-order valence-electron chi connectivity index (χ1n) is 23.3. The summed E-state index contributed by atoms with van der Waals surface area (Å²) in [5, 5.41) is 3.91. The Labute approximate surface area is 384 Å². The van der Waals surface area contributed by atoms with Crippen molar-refractivity contribution >= 4 is 40.2 Å². The van der Waals surface area contributed by atoms with Gasteiger partial charge in [0.25, 0.3) is 11.8 Å². The minimum absolute atomic E-state index is 0.0345. The maximum absolute atomic E-state index is 14.4. The number of Topliss-reactive ketones (excluding diaryl/α,β-unsaturated/α-hetero) is 2. The van der Waals surface area contributed by atoms with Crippen molar-refractivity contribution in [2.75, 3.05) is 46.5 Å². The van der Waals surface area contributed by atoms with E-state index in [2.05, 4.69) is 38.9 Å². The summed E-state index contributed by atoms with van der Waals surface area (Å²) in [6.07, 6.45) is 7.13. The molecule has 2 saturated carbocycles. The number of nitrogens with one attached hydrogen (secondary N) is 1. The molecule has 4 heterocycles. The topological polar surface area (TPSA) is 180 Å². The van der Waals surface area contributed by atoms with Crippen LogP contribution in [0.3, 0.4) is 0 Å². The average Bonchev–Trinajstić information content (AvgIpc) is 3.84. The molecule has 3 amide bonds. The van der Waals surface area contributed by atoms with Crippen LogP contribution < -0.4 is 20.5 Å². The Bertz CT molecular complexity index is 2440. The standard InChI is InChI=1S/C51H58FN5O9/c1-3-38-42(55-49(61)47(38)52)30-65-50-40-26-45(63-2)41(48(53)60)25-39(40)35(27-54-50)16-13-32-7-9-33(10-8-32)28-56-21-19-37(20-22-56)64-23-5-4-6-31-11-14-34(15-12-31)46-29-57(51(62)66-46)43-18-17-36(58)24-44(43)59/h11-12,14-15,25-27,32-33,37-38,42-43,46-47H,3,5,7-10,17-24,28-30H2,1-2H3,(H2,53,60)(H,55,61)/t32?,33?,38-,42+,43?,46+,47-/m0/s1. The summed E-state index contributed by atoms with van der Waals surface area (Å²) in [5.74, 6) is 12.6. The third-order valence-electron chi connectivity index (χ3n) is 13.8. The Morgan fingerprint density at radius 1 is 1.00 bits per heavy atom. The molecule has 1 unspecified atom stereocenters. The van der Waals surface area contributed by atoms with Gasteiger partial charge in [-0.2, -0.15) is 0 Å². The number of carbonyl (C=O) groups excluding carboxylic acids is 5. The molecule has 3 aliphatic heterocycles. The first-order chi connectivity index (χ1) is 32.0. The van der Waals surface area contributed by atoms with E-state index in [1.165, 1.54) is 12.0 Å². The number of cyclic esters (lactones) is 1. The van der Waals surface area contributed by atoms with E-state index in [1.807, 2.05) is 31.2 Å². The lowest BCUT2D eigenvalue weighted by molar-refractivity contribution is -0.133. The second-order valence-electron chi connectivity index (χ2n) is 18.1. The quantitative estimate of drug-likeness (QED) is 0.119. The molecule has 5 fully saturated rings. The number of methoxy groups -OCH3 is 1. The lowest BCUT2D eigenvalue weighted by Gasteiger charge is -2.36. The Hall–Kier alpha value is -6.03. The Kier molecular flexibility index (Phi) is 14.8. The minimum atomic E-state index is -1.58. The minimum Gasteiger partial charge on any atom is -0.496 e. The number of amides is 3. The lowest BCUT2D eigenvalue weighted by atomic mass is 9.81. The molecule has 5 aliphatic rings. The van der Waals surface area contributed by atoms with Crippen molar-refractivity contribution in [3.63, 3.8) is 0 Å². The second kappa shape index (κ2) is 21.1. The average molecular weight is 904 g/mol. The molecule has 5 atom stereocenters. The Morgan fingerprint density at radius 3 is 2.48 bits per heavy atom. The van der Waals surface area contributed by atoms with E-state index in [-0.39, 0.29) is 60.4 Å². The molecule has 1 aromatic heterocycles. The summed E-state index contributed by atoms with van der Waals surface area (Å²) >= 11 is 0. The molecule has 3 aromatic rings. The Morgan fingerprint density at radius 2 is 1.77 bits per heavy atom. The van der Waals surface area contributed by atoms with Crippen LogP contribution in [0.4, 0.5) is 9.18 Å². The number of fused-ring (bicyclic) bond motifs is 1. The molecule has 3 saturated heterocycles. The number of benzene rings is 2. The van der Waals surface area contributed by atoms with Crippen molar-refractivity contribution in [2.24, 2.45) is 23.5 Å². The maximum Gasteiger partial charge on any atom is 0.411 e. The number of alkyl halides is 1. The number of carbonyl (C=O) groups is 5. The summed E-state index contributed by atoms with van der Waals surface area (Å²) in [4.78, 5) is 69.5. The molecule has 2 aromatic carbocycles. The largest absolute Gasteiger partial charge is 0.496 e. The molecule has 3 N–H and O–H groups in total. The van der Waals surface area contributed by atoms with Crippen LogP contribution in [-0.2, 0) is 23.9 Å². The molecule has 0 radical (unpaired) electrons. The predicted molar refractivity (Wildman–Crippen MR) is 242 cm³/mol. The van der Waals surface area contributed by atoms with Crippen LogP contribution in [0.5, 0.6) is 11.6 Å². The molecule has 348 valence electrons. The van der Waals surface area contributed by atoms with E-state index in [1.54, 1.807) is 18.3 Å². The highest BCUT2D eigenvalue weighted by Crippen LogP contribution is 2.35. The van der Waals surface area contributed by atoms with Crippen LogP contribution in [0.1, 0.15) is 111 Å². The number of primary amides is 1. The van der Waals surface area contributed by atoms with Gasteiger partial charge in [0.2, 0.25) is 5.88 Å². The maximum atomic E-state index is 14.4. The normalized spacial score (nSPS) is 26.0. The number of aromatic nitrogens is 1. The summed E-state index contributed by atoms with van der Waals surface area (Å²) in [7, 11) is 1.45. The van der Waals surface area contributed by atoms with Crippen molar-refractivity contribution < 1.29 is 47.3 Å². The van der Waals surface area contributed by atoms with E-state index in [0.717, 1.165) is 69.3 Å². The number of halogens is 1. The van der Waals surface area contributed by atoms with Gasteiger partial charge in [-0.1, -0.05) is 42.7 Å². The van der Waals surface area contributed by atoms with Crippen molar-refractivity contribution in [3.05, 3.63) is 64.8 Å². The van der Waals surface area contributed by atoms with E-state index >= 15 is 0 Å². The van der Waals surface area contributed by atoms with Crippen LogP contribution in [0, 0.1) is 41.4 Å². The number of nitrogens with two attached hydrogens (primary N) is 1. The highest BCUT2D eigenvalue weighted by molar-refractivity contribution is 6.05. The van der Waals surface area contributed by atoms with Crippen molar-refractivity contribution in [1.29, 1.82) is 0 Å². The molecular formula is C51H58FN5O9. The molecule has 8 rings (SSSR count). The van der Waals surface area contributed by atoms with Crippen molar-refractivity contribution in [2.45, 2.75) is 108 Å². The zero-order valence-electron chi connectivity index (χ0n) is 37.7. The smallest absolute Gasteiger partial charge is 0.411 e. The molecule has 15 heteroatoms. The SMILES string of the molecule is CC[C@@H]1[C@H](F)C(=O)N[C@@H]1COc1ncc(C#CC2CCC(CN3CCC(OCCC#Cc4ccc([C@H]5CN(C6CCC(=O)CC6=O)C(=O)O5)cc4)CC3)CC2)c2cc(C(N)=O)c(OC)cc12. The van der Waals surface area contributed by atoms with Gasteiger partial charge < -0.3 is 34.9 Å². The van der Waals surface area contributed by atoms with Crippen LogP contribution in [0.15, 0.2) is 42.6 Å². The van der Waals surface area contributed by atoms with Gasteiger partial charge in [-0.3, -0.25) is 24.1 Å². The first-order valence-corrected chi connectivity index (χ1v) is 23.3. The number of ether oxygens (including phenoxy) is 4. The number of likely N-dealkylation sites (tertiary alicyclic amines) is 1. The van der Waals surface area contributed by atoms with Crippen molar-refractivity contribution in [3.8, 4) is 35.3 Å². The van der Waals surface area contributed by atoms with Crippen LogP contribution >= 0.6 is 0 Å². The summed E-state index contributed by atoms with van der Waals surface area (Å²) in [6.45, 7) is 5.83.